The molecule has 0 bridgehead atoms. The zero-order valence-corrected chi connectivity index (χ0v) is 15.6. The number of rotatable bonds is 7. The monoisotopic (exact) mass is 544 g/mol. The average Bonchev–Trinajstić information content (AvgIpc) is 2.61. The van der Waals surface area contributed by atoms with Crippen LogP contribution in [0.1, 0.15) is 5.56 Å². The smallest absolute Gasteiger partial charge is 0.266 e. The summed E-state index contributed by atoms with van der Waals surface area (Å²) in [5, 5.41) is 2.67. The first-order valence-corrected chi connectivity index (χ1v) is 7.98. The Bertz CT molecular complexity index is 834. The Labute approximate surface area is 171 Å². The molecule has 0 aliphatic carbocycles. The Kier molecular flexibility index (Phi) is 7.07. The van der Waals surface area contributed by atoms with Gasteiger partial charge in [0.15, 0.2) is 0 Å². The lowest BCUT2D eigenvalue weighted by Crippen LogP contribution is -2.71. The first-order valence-electron chi connectivity index (χ1n) is 7.19. The van der Waals surface area contributed by atoms with E-state index >= 15 is 0 Å². The molecule has 0 saturated heterocycles. The topological polar surface area (TPSA) is 41.5 Å². The van der Waals surface area contributed by atoms with Crippen LogP contribution >= 0.6 is 15.9 Å². The van der Waals surface area contributed by atoms with Crippen LogP contribution in [0.2, 0.25) is 0 Å². The van der Waals surface area contributed by atoms with Crippen molar-refractivity contribution in [2.45, 2.75) is 35.8 Å². The maximum atomic E-state index is 13.5. The highest BCUT2D eigenvalue weighted by Gasteiger charge is 2.91. The van der Waals surface area contributed by atoms with Crippen LogP contribution in [-0.2, 0) is 4.79 Å². The summed E-state index contributed by atoms with van der Waals surface area (Å²) in [7, 11) is 0. The molecular formula is C14H6BrF13N2O. The lowest BCUT2D eigenvalue weighted by molar-refractivity contribution is -0.436. The standard InChI is InChI=1S/C14H6BrF13N2O/c15-7-3-1-6(2-4-7)5-29-30-8(31)9(16,17)10(18,19)11(20,21)12(22,23)13(24,25)14(26,27)28/h1-5H,(H,30,31). The van der Waals surface area contributed by atoms with Gasteiger partial charge in [0.1, 0.15) is 0 Å². The second kappa shape index (κ2) is 8.12. The van der Waals surface area contributed by atoms with Crippen LogP contribution in [0.4, 0.5) is 57.1 Å². The van der Waals surface area contributed by atoms with E-state index in [2.05, 4.69) is 21.0 Å². The van der Waals surface area contributed by atoms with E-state index in [9.17, 15) is 61.9 Å². The van der Waals surface area contributed by atoms with Crippen molar-refractivity contribution in [2.75, 3.05) is 0 Å². The molecule has 176 valence electrons. The molecule has 0 atom stereocenters. The highest BCUT2D eigenvalue weighted by Crippen LogP contribution is 2.60. The Morgan fingerprint density at radius 3 is 1.58 bits per heavy atom. The third-order valence-electron chi connectivity index (χ3n) is 3.47. The number of nitrogens with one attached hydrogen (secondary N) is 1. The van der Waals surface area contributed by atoms with E-state index in [1.807, 2.05) is 0 Å². The van der Waals surface area contributed by atoms with Crippen molar-refractivity contribution in [1.29, 1.82) is 0 Å². The maximum absolute atomic E-state index is 13.5. The van der Waals surface area contributed by atoms with E-state index in [1.165, 1.54) is 24.3 Å². The first-order chi connectivity index (χ1) is 13.6. The predicted molar refractivity (Wildman–Crippen MR) is 80.7 cm³/mol. The highest BCUT2D eigenvalue weighted by molar-refractivity contribution is 9.10. The van der Waals surface area contributed by atoms with E-state index in [4.69, 9.17) is 0 Å². The quantitative estimate of drug-likeness (QED) is 0.269. The summed E-state index contributed by atoms with van der Waals surface area (Å²) in [5.41, 5.74) is 0.600. The van der Waals surface area contributed by atoms with Crippen molar-refractivity contribution in [1.82, 2.24) is 5.43 Å². The largest absolute Gasteiger partial charge is 0.460 e. The van der Waals surface area contributed by atoms with Crippen molar-refractivity contribution < 1.29 is 61.9 Å². The molecule has 0 aliphatic rings. The van der Waals surface area contributed by atoms with Crippen LogP contribution in [-0.4, -0.2) is 47.9 Å². The zero-order valence-electron chi connectivity index (χ0n) is 14.0. The highest BCUT2D eigenvalue weighted by atomic mass is 79.9. The number of benzene rings is 1. The van der Waals surface area contributed by atoms with Gasteiger partial charge in [-0.3, -0.25) is 4.79 Å². The minimum atomic E-state index is -8.08. The van der Waals surface area contributed by atoms with Gasteiger partial charge in [0, 0.05) is 4.47 Å². The fourth-order valence-electron chi connectivity index (χ4n) is 1.70. The minimum Gasteiger partial charge on any atom is -0.266 e. The molecular weight excluding hydrogens is 539 g/mol. The van der Waals surface area contributed by atoms with Crippen LogP contribution in [0.25, 0.3) is 0 Å². The van der Waals surface area contributed by atoms with Gasteiger partial charge in [0.05, 0.1) is 6.21 Å². The fraction of sp³-hybridized carbons (Fsp3) is 0.429. The van der Waals surface area contributed by atoms with Gasteiger partial charge >= 0.3 is 41.7 Å². The van der Waals surface area contributed by atoms with E-state index in [0.29, 0.717) is 16.1 Å². The van der Waals surface area contributed by atoms with Crippen LogP contribution in [0.15, 0.2) is 33.8 Å². The summed E-state index contributed by atoms with van der Waals surface area (Å²) in [4.78, 5) is 11.1. The van der Waals surface area contributed by atoms with Crippen LogP contribution in [0.3, 0.4) is 0 Å². The molecule has 0 spiro atoms. The number of alkyl halides is 13. The number of hydrogen-bond acceptors (Lipinski definition) is 2. The Balaban J connectivity index is 3.23. The number of amides is 1. The molecule has 1 rings (SSSR count). The molecule has 0 unspecified atom stereocenters. The van der Waals surface area contributed by atoms with Crippen LogP contribution in [0.5, 0.6) is 0 Å². The third kappa shape index (κ3) is 4.45. The summed E-state index contributed by atoms with van der Waals surface area (Å²) in [5.74, 6) is -42.1. The predicted octanol–water partition coefficient (Wildman–Crippen LogP) is 5.64. The summed E-state index contributed by atoms with van der Waals surface area (Å²) < 4.78 is 168. The summed E-state index contributed by atoms with van der Waals surface area (Å²) in [6.45, 7) is 0. The molecule has 0 heterocycles. The molecule has 3 nitrogen and oxygen atoms in total. The summed E-state index contributed by atoms with van der Waals surface area (Å²) in [6, 6.07) is 5.10. The lowest BCUT2D eigenvalue weighted by Gasteiger charge is -2.38. The third-order valence-corrected chi connectivity index (χ3v) is 4.00. The molecule has 1 aromatic carbocycles. The molecule has 31 heavy (non-hydrogen) atoms. The number of carbonyl (C=O) groups excluding carboxylic acids is 1. The normalized spacial score (nSPS) is 14.8. The van der Waals surface area contributed by atoms with Gasteiger partial charge in [-0.25, -0.2) is 5.43 Å². The van der Waals surface area contributed by atoms with E-state index < -0.39 is 41.7 Å². The van der Waals surface area contributed by atoms with Crippen LogP contribution in [0, 0.1) is 0 Å². The van der Waals surface area contributed by atoms with Gasteiger partial charge in [0.2, 0.25) is 0 Å². The first kappa shape index (κ1) is 27.0. The second-order valence-corrected chi connectivity index (χ2v) is 6.54. The fourth-order valence-corrected chi connectivity index (χ4v) is 1.96. The molecule has 0 saturated carbocycles. The van der Waals surface area contributed by atoms with Gasteiger partial charge in [-0.1, -0.05) is 28.1 Å². The number of hydrogen-bond donors (Lipinski definition) is 1. The molecule has 0 aliphatic heterocycles. The molecule has 0 aromatic heterocycles. The Morgan fingerprint density at radius 1 is 0.742 bits per heavy atom. The van der Waals surface area contributed by atoms with Gasteiger partial charge in [0.25, 0.3) is 0 Å². The molecule has 1 N–H and O–H groups in total. The maximum Gasteiger partial charge on any atom is 0.460 e. The van der Waals surface area contributed by atoms with Crippen LogP contribution < -0.4 is 5.43 Å². The van der Waals surface area contributed by atoms with E-state index in [0.717, 1.165) is 0 Å². The second-order valence-electron chi connectivity index (χ2n) is 5.62. The summed E-state index contributed by atoms with van der Waals surface area (Å²) >= 11 is 2.99. The summed E-state index contributed by atoms with van der Waals surface area (Å²) in [6.07, 6.45) is -7.02. The molecule has 17 heteroatoms. The SMILES string of the molecule is O=C(NN=Cc1ccc(Br)cc1)C(F)(F)C(F)(F)C(F)(F)C(F)(F)C(F)(F)C(F)(F)F. The lowest BCUT2D eigenvalue weighted by atomic mass is 9.93. The minimum absolute atomic E-state index is 0.0141. The van der Waals surface area contributed by atoms with Crippen molar-refractivity contribution in [3.05, 3.63) is 34.3 Å². The molecule has 0 radical (unpaired) electrons. The van der Waals surface area contributed by atoms with Crippen molar-refractivity contribution in [3.63, 3.8) is 0 Å². The Hall–Kier alpha value is -2.07. The number of carbonyl (C=O) groups is 1. The molecule has 0 fully saturated rings. The van der Waals surface area contributed by atoms with Gasteiger partial charge in [-0.05, 0) is 17.7 Å². The molecule has 1 amide bonds. The van der Waals surface area contributed by atoms with Gasteiger partial charge in [-0.15, -0.1) is 0 Å². The van der Waals surface area contributed by atoms with Crippen molar-refractivity contribution >= 4 is 28.1 Å². The van der Waals surface area contributed by atoms with Crippen molar-refractivity contribution in [2.24, 2.45) is 5.10 Å². The van der Waals surface area contributed by atoms with Gasteiger partial charge in [-0.2, -0.15) is 62.2 Å². The van der Waals surface area contributed by atoms with Crippen molar-refractivity contribution in [3.8, 4) is 0 Å². The van der Waals surface area contributed by atoms with Gasteiger partial charge < -0.3 is 0 Å². The number of halogens is 14. The number of nitrogens with zero attached hydrogens (tertiary/aromatic N) is 1. The molecule has 1 aromatic rings. The van der Waals surface area contributed by atoms with E-state index in [-0.39, 0.29) is 5.56 Å². The Morgan fingerprint density at radius 2 is 1.16 bits per heavy atom. The average molecular weight is 545 g/mol. The van der Waals surface area contributed by atoms with E-state index in [1.54, 1.807) is 0 Å². The number of hydrazone groups is 1. The zero-order chi connectivity index (χ0) is 24.7.